The van der Waals surface area contributed by atoms with E-state index >= 15 is 0 Å². The van der Waals surface area contributed by atoms with Gasteiger partial charge in [-0.3, -0.25) is 14.4 Å². The highest BCUT2D eigenvalue weighted by Crippen LogP contribution is 2.40. The Hall–Kier alpha value is -2.99. The summed E-state index contributed by atoms with van der Waals surface area (Å²) in [6.07, 6.45) is 1.86. The van der Waals surface area contributed by atoms with Crippen molar-refractivity contribution >= 4 is 23.3 Å². The standard InChI is InChI=1S/C23H22N2O4/c1-29-16-11-9-15(10-12-16)25-22(27)18-17-8-5-13-24(17)20(19(18)23(25)28)21(26)14-6-3-2-4-7-14/h2-4,6-7,9-12,17-20H,5,8,13H2,1H3/p+1/t17-,18-,19+,20-/m0/s1. The van der Waals surface area contributed by atoms with Gasteiger partial charge in [-0.25, -0.2) is 4.90 Å². The van der Waals surface area contributed by atoms with E-state index in [0.717, 1.165) is 24.3 Å². The van der Waals surface area contributed by atoms with Crippen LogP contribution in [0.25, 0.3) is 0 Å². The van der Waals surface area contributed by atoms with Crippen LogP contribution < -0.4 is 14.5 Å². The molecule has 6 heteroatoms. The summed E-state index contributed by atoms with van der Waals surface area (Å²) in [6, 6.07) is 15.6. The number of imide groups is 1. The van der Waals surface area contributed by atoms with E-state index in [4.69, 9.17) is 4.74 Å². The Morgan fingerprint density at radius 1 is 1.00 bits per heavy atom. The predicted octanol–water partition coefficient (Wildman–Crippen LogP) is 1.11. The molecule has 0 aromatic heterocycles. The van der Waals surface area contributed by atoms with Crippen molar-refractivity contribution in [3.63, 3.8) is 0 Å². The summed E-state index contributed by atoms with van der Waals surface area (Å²) < 4.78 is 5.18. The number of ether oxygens (including phenoxy) is 1. The highest BCUT2D eigenvalue weighted by Gasteiger charge is 2.68. The molecule has 1 N–H and O–H groups in total. The van der Waals surface area contributed by atoms with Crippen molar-refractivity contribution < 1.29 is 24.0 Å². The zero-order valence-corrected chi connectivity index (χ0v) is 16.2. The predicted molar refractivity (Wildman–Crippen MR) is 106 cm³/mol. The Labute approximate surface area is 169 Å². The summed E-state index contributed by atoms with van der Waals surface area (Å²) in [5.74, 6) is -0.786. The number of quaternary nitrogens is 1. The van der Waals surface area contributed by atoms with Gasteiger partial charge >= 0.3 is 0 Å². The summed E-state index contributed by atoms with van der Waals surface area (Å²) in [5.41, 5.74) is 1.15. The van der Waals surface area contributed by atoms with Crippen molar-refractivity contribution in [1.82, 2.24) is 0 Å². The highest BCUT2D eigenvalue weighted by atomic mass is 16.5. The largest absolute Gasteiger partial charge is 0.497 e. The molecule has 5 atom stereocenters. The minimum Gasteiger partial charge on any atom is -0.497 e. The molecule has 3 heterocycles. The van der Waals surface area contributed by atoms with Crippen LogP contribution in [0.2, 0.25) is 0 Å². The van der Waals surface area contributed by atoms with Crippen LogP contribution >= 0.6 is 0 Å². The molecule has 5 rings (SSSR count). The second kappa shape index (κ2) is 6.81. The minimum atomic E-state index is -0.586. The lowest BCUT2D eigenvalue weighted by Gasteiger charge is -2.25. The lowest BCUT2D eigenvalue weighted by Crippen LogP contribution is -3.16. The van der Waals surface area contributed by atoms with Crippen LogP contribution in [0.1, 0.15) is 23.2 Å². The van der Waals surface area contributed by atoms with Crippen molar-refractivity contribution in [3.8, 4) is 5.75 Å². The molecule has 0 aliphatic carbocycles. The smallest absolute Gasteiger partial charge is 0.244 e. The number of carbonyl (C=O) groups excluding carboxylic acids is 3. The van der Waals surface area contributed by atoms with Gasteiger partial charge in [0, 0.05) is 18.4 Å². The van der Waals surface area contributed by atoms with Gasteiger partial charge in [-0.1, -0.05) is 30.3 Å². The number of fused-ring (bicyclic) bond motifs is 3. The fraction of sp³-hybridized carbons (Fsp3) is 0.348. The maximum absolute atomic E-state index is 13.4. The first-order valence-corrected chi connectivity index (χ1v) is 10.1. The molecule has 29 heavy (non-hydrogen) atoms. The third kappa shape index (κ3) is 2.63. The second-order valence-electron chi connectivity index (χ2n) is 8.04. The number of hydrogen-bond acceptors (Lipinski definition) is 4. The summed E-state index contributed by atoms with van der Waals surface area (Å²) in [4.78, 5) is 42.6. The lowest BCUT2D eigenvalue weighted by molar-refractivity contribution is -0.915. The van der Waals surface area contributed by atoms with Gasteiger partial charge in [0.15, 0.2) is 6.04 Å². The number of nitrogens with zero attached hydrogens (tertiary/aromatic N) is 1. The van der Waals surface area contributed by atoms with Gasteiger partial charge in [0.25, 0.3) is 0 Å². The van der Waals surface area contributed by atoms with Gasteiger partial charge in [-0.2, -0.15) is 0 Å². The van der Waals surface area contributed by atoms with Gasteiger partial charge in [-0.15, -0.1) is 0 Å². The first-order valence-electron chi connectivity index (χ1n) is 10.1. The average molecular weight is 391 g/mol. The van der Waals surface area contributed by atoms with E-state index in [1.165, 1.54) is 4.90 Å². The molecule has 3 fully saturated rings. The van der Waals surface area contributed by atoms with Crippen LogP contribution in [0.5, 0.6) is 5.75 Å². The maximum Gasteiger partial charge on any atom is 0.244 e. The van der Waals surface area contributed by atoms with Crippen molar-refractivity contribution in [2.45, 2.75) is 24.9 Å². The first-order chi connectivity index (χ1) is 14.1. The van der Waals surface area contributed by atoms with Gasteiger partial charge in [-0.05, 0) is 24.3 Å². The number of rotatable bonds is 4. The molecule has 2 aromatic carbocycles. The fourth-order valence-electron chi connectivity index (χ4n) is 5.51. The molecular formula is C23H23N2O4+. The molecule has 6 nitrogen and oxygen atoms in total. The molecule has 0 radical (unpaired) electrons. The van der Waals surface area contributed by atoms with Gasteiger partial charge in [0.2, 0.25) is 17.6 Å². The van der Waals surface area contributed by atoms with E-state index in [2.05, 4.69) is 0 Å². The third-order valence-electron chi connectivity index (χ3n) is 6.72. The monoisotopic (exact) mass is 391 g/mol. The van der Waals surface area contributed by atoms with Crippen LogP contribution in [0.15, 0.2) is 54.6 Å². The summed E-state index contributed by atoms with van der Waals surface area (Å²) in [6.45, 7) is 0.837. The number of hydrogen-bond donors (Lipinski definition) is 1. The molecule has 2 aromatic rings. The van der Waals surface area contributed by atoms with Crippen LogP contribution in [-0.4, -0.2) is 43.3 Å². The second-order valence-corrected chi connectivity index (χ2v) is 8.04. The molecule has 148 valence electrons. The molecule has 1 unspecified atom stereocenters. The Morgan fingerprint density at radius 2 is 1.69 bits per heavy atom. The molecule has 0 bridgehead atoms. The Bertz CT molecular complexity index is 972. The Kier molecular flexibility index (Phi) is 4.24. The number of anilines is 1. The Morgan fingerprint density at radius 3 is 2.38 bits per heavy atom. The van der Waals surface area contributed by atoms with E-state index in [1.807, 2.05) is 18.2 Å². The Balaban J connectivity index is 1.53. The fourth-order valence-corrected chi connectivity index (χ4v) is 5.51. The summed E-state index contributed by atoms with van der Waals surface area (Å²) >= 11 is 0. The number of amides is 2. The maximum atomic E-state index is 13.4. The van der Waals surface area contributed by atoms with Crippen molar-refractivity contribution in [1.29, 1.82) is 0 Å². The van der Waals surface area contributed by atoms with Crippen molar-refractivity contribution in [2.24, 2.45) is 11.8 Å². The number of nitrogens with one attached hydrogen (secondary N) is 1. The zero-order valence-electron chi connectivity index (χ0n) is 16.2. The van der Waals surface area contributed by atoms with E-state index in [9.17, 15) is 14.4 Å². The topological polar surface area (TPSA) is 68.1 Å². The molecule has 3 aliphatic heterocycles. The molecule has 0 saturated carbocycles. The quantitative estimate of drug-likeness (QED) is 0.626. The van der Waals surface area contributed by atoms with Gasteiger partial charge < -0.3 is 9.64 Å². The molecular weight excluding hydrogens is 368 g/mol. The number of Topliss-reactive ketones (excluding diaryl/α,β-unsaturated/α-hetero) is 1. The molecule has 3 saturated heterocycles. The van der Waals surface area contributed by atoms with Crippen molar-refractivity contribution in [3.05, 3.63) is 60.2 Å². The highest BCUT2D eigenvalue weighted by molar-refractivity contribution is 6.24. The number of benzene rings is 2. The lowest BCUT2D eigenvalue weighted by atomic mass is 9.85. The first kappa shape index (κ1) is 18.1. The number of carbonyl (C=O) groups is 3. The minimum absolute atomic E-state index is 0.0299. The van der Waals surface area contributed by atoms with E-state index in [1.54, 1.807) is 43.5 Å². The van der Waals surface area contributed by atoms with Crippen LogP contribution in [0.4, 0.5) is 5.69 Å². The number of ketones is 1. The van der Waals surface area contributed by atoms with Crippen LogP contribution in [0.3, 0.4) is 0 Å². The van der Waals surface area contributed by atoms with Crippen LogP contribution in [0, 0.1) is 11.8 Å². The van der Waals surface area contributed by atoms with Crippen molar-refractivity contribution in [2.75, 3.05) is 18.6 Å². The van der Waals surface area contributed by atoms with E-state index in [-0.39, 0.29) is 23.6 Å². The van der Waals surface area contributed by atoms with Crippen LogP contribution in [-0.2, 0) is 9.59 Å². The van der Waals surface area contributed by atoms with E-state index in [0.29, 0.717) is 17.0 Å². The normalized spacial score (nSPS) is 30.4. The third-order valence-corrected chi connectivity index (χ3v) is 6.72. The summed E-state index contributed by atoms with van der Waals surface area (Å²) in [5, 5.41) is 0. The molecule has 2 amide bonds. The zero-order chi connectivity index (χ0) is 20.1. The van der Waals surface area contributed by atoms with E-state index < -0.39 is 17.9 Å². The summed E-state index contributed by atoms with van der Waals surface area (Å²) in [7, 11) is 1.57. The van der Waals surface area contributed by atoms with Gasteiger partial charge in [0.1, 0.15) is 23.6 Å². The average Bonchev–Trinajstić information content (AvgIpc) is 3.40. The number of methoxy groups -OCH3 is 1. The molecule has 3 aliphatic rings. The van der Waals surface area contributed by atoms with Gasteiger partial charge in [0.05, 0.1) is 19.3 Å². The SMILES string of the molecule is COc1ccc(N2C(=O)[C@@H]3[C@@H](C2=O)[C@@H]2CCC[NH+]2[C@@H]3C(=O)c2ccccc2)cc1. The molecule has 0 spiro atoms.